The Labute approximate surface area is 178 Å². The summed E-state index contributed by atoms with van der Waals surface area (Å²) >= 11 is 0. The number of nitrogens with zero attached hydrogens (tertiary/aromatic N) is 1. The average molecular weight is 404 g/mol. The van der Waals surface area contributed by atoms with Gasteiger partial charge in [0.25, 0.3) is 0 Å². The van der Waals surface area contributed by atoms with Gasteiger partial charge in [0.05, 0.1) is 5.92 Å². The molecule has 0 saturated carbocycles. The third kappa shape index (κ3) is 4.34. The number of likely N-dealkylation sites (tertiary alicyclic amines) is 1. The van der Waals surface area contributed by atoms with Crippen LogP contribution in [0.3, 0.4) is 0 Å². The van der Waals surface area contributed by atoms with Crippen LogP contribution in [0.2, 0.25) is 0 Å². The molecule has 30 heavy (non-hydrogen) atoms. The van der Waals surface area contributed by atoms with E-state index in [1.165, 1.54) is 16.3 Å². The predicted molar refractivity (Wildman–Crippen MR) is 120 cm³/mol. The Morgan fingerprint density at radius 2 is 1.73 bits per heavy atom. The van der Waals surface area contributed by atoms with E-state index in [-0.39, 0.29) is 12.0 Å². The van der Waals surface area contributed by atoms with Crippen molar-refractivity contribution >= 4 is 16.7 Å². The molecule has 3 aromatic rings. The Hall–Kier alpha value is -2.85. The lowest BCUT2D eigenvalue weighted by Gasteiger charge is -2.37. The van der Waals surface area contributed by atoms with E-state index in [2.05, 4.69) is 60.4 Å². The molecule has 1 fully saturated rings. The zero-order valence-corrected chi connectivity index (χ0v) is 17.5. The molecule has 1 unspecified atom stereocenters. The van der Waals surface area contributed by atoms with Crippen LogP contribution in [0, 0.1) is 5.92 Å². The van der Waals surface area contributed by atoms with Gasteiger partial charge in [-0.05, 0) is 54.8 Å². The van der Waals surface area contributed by atoms with Crippen molar-refractivity contribution in [2.75, 3.05) is 13.1 Å². The van der Waals surface area contributed by atoms with Gasteiger partial charge in [0, 0.05) is 11.6 Å². The minimum Gasteiger partial charge on any atom is -0.489 e. The van der Waals surface area contributed by atoms with Crippen molar-refractivity contribution in [3.63, 3.8) is 0 Å². The monoisotopic (exact) mass is 403 g/mol. The fourth-order valence-corrected chi connectivity index (χ4v) is 4.58. The molecule has 1 N–H and O–H groups in total. The molecular weight excluding hydrogens is 374 g/mol. The second-order valence-corrected chi connectivity index (χ2v) is 8.05. The number of fused-ring (bicyclic) bond motifs is 1. The van der Waals surface area contributed by atoms with E-state index >= 15 is 0 Å². The smallest absolute Gasteiger partial charge is 0.306 e. The summed E-state index contributed by atoms with van der Waals surface area (Å²) in [6, 6.07) is 23.1. The number of carbonyl (C=O) groups is 1. The van der Waals surface area contributed by atoms with E-state index in [1.807, 2.05) is 18.2 Å². The van der Waals surface area contributed by atoms with Crippen LogP contribution in [0.5, 0.6) is 5.75 Å². The van der Waals surface area contributed by atoms with Gasteiger partial charge in [-0.25, -0.2) is 0 Å². The number of hydrogen-bond acceptors (Lipinski definition) is 3. The standard InChI is InChI=1S/C26H29NO3/c1-2-23(27-16-14-21(15-17-27)26(28)29)25-22-11-7-6-10-20(22)12-13-24(25)30-18-19-8-4-3-5-9-19/h3-13,21,23H,2,14-18H2,1H3,(H,28,29). The number of carboxylic acids is 1. The summed E-state index contributed by atoms with van der Waals surface area (Å²) in [6.07, 6.45) is 2.36. The third-order valence-corrected chi connectivity index (χ3v) is 6.21. The van der Waals surface area contributed by atoms with Crippen molar-refractivity contribution in [1.29, 1.82) is 0 Å². The molecule has 1 saturated heterocycles. The molecule has 156 valence electrons. The molecule has 4 heteroatoms. The SMILES string of the molecule is CCC(c1c(OCc2ccccc2)ccc2ccccc12)N1CCC(C(=O)O)CC1. The van der Waals surface area contributed by atoms with E-state index in [1.54, 1.807) is 0 Å². The molecule has 0 radical (unpaired) electrons. The lowest BCUT2D eigenvalue weighted by atomic mass is 9.91. The number of benzene rings is 3. The van der Waals surface area contributed by atoms with Crippen LogP contribution in [-0.4, -0.2) is 29.1 Å². The predicted octanol–water partition coefficient (Wildman–Crippen LogP) is 5.67. The van der Waals surface area contributed by atoms with E-state index in [0.29, 0.717) is 19.4 Å². The molecule has 0 spiro atoms. The molecule has 0 amide bonds. The molecular formula is C26H29NO3. The van der Waals surface area contributed by atoms with Gasteiger partial charge in [0.1, 0.15) is 12.4 Å². The van der Waals surface area contributed by atoms with Crippen molar-refractivity contribution < 1.29 is 14.6 Å². The molecule has 1 atom stereocenters. The van der Waals surface area contributed by atoms with Crippen molar-refractivity contribution in [3.8, 4) is 5.75 Å². The molecule has 4 nitrogen and oxygen atoms in total. The molecule has 1 aliphatic heterocycles. The zero-order chi connectivity index (χ0) is 20.9. The van der Waals surface area contributed by atoms with E-state index < -0.39 is 5.97 Å². The van der Waals surface area contributed by atoms with Crippen molar-refractivity contribution in [1.82, 2.24) is 4.90 Å². The Morgan fingerprint density at radius 1 is 1.03 bits per heavy atom. The first-order valence-electron chi connectivity index (χ1n) is 10.8. The number of aliphatic carboxylic acids is 1. The molecule has 3 aromatic carbocycles. The first-order valence-corrected chi connectivity index (χ1v) is 10.8. The van der Waals surface area contributed by atoms with Crippen LogP contribution in [0.25, 0.3) is 10.8 Å². The summed E-state index contributed by atoms with van der Waals surface area (Å²) in [5, 5.41) is 11.8. The number of rotatable bonds is 7. The Kier molecular flexibility index (Phi) is 6.34. The highest BCUT2D eigenvalue weighted by Gasteiger charge is 2.30. The highest BCUT2D eigenvalue weighted by molar-refractivity contribution is 5.88. The summed E-state index contributed by atoms with van der Waals surface area (Å²) in [5.41, 5.74) is 2.37. The van der Waals surface area contributed by atoms with Gasteiger partial charge < -0.3 is 9.84 Å². The van der Waals surface area contributed by atoms with Gasteiger partial charge in [-0.1, -0.05) is 67.6 Å². The second-order valence-electron chi connectivity index (χ2n) is 8.05. The van der Waals surface area contributed by atoms with Crippen molar-refractivity contribution in [2.24, 2.45) is 5.92 Å². The lowest BCUT2D eigenvalue weighted by molar-refractivity contribution is -0.143. The molecule has 1 aliphatic rings. The number of piperidine rings is 1. The van der Waals surface area contributed by atoms with Crippen LogP contribution in [0.1, 0.15) is 43.4 Å². The van der Waals surface area contributed by atoms with Gasteiger partial charge >= 0.3 is 5.97 Å². The van der Waals surface area contributed by atoms with Gasteiger partial charge in [-0.2, -0.15) is 0 Å². The van der Waals surface area contributed by atoms with Gasteiger partial charge in [-0.3, -0.25) is 9.69 Å². The minimum atomic E-state index is -0.667. The quantitative estimate of drug-likeness (QED) is 0.552. The van der Waals surface area contributed by atoms with Crippen molar-refractivity contribution in [2.45, 2.75) is 38.8 Å². The Morgan fingerprint density at radius 3 is 2.43 bits per heavy atom. The van der Waals surface area contributed by atoms with Gasteiger partial charge in [0.2, 0.25) is 0 Å². The van der Waals surface area contributed by atoms with Crippen LogP contribution >= 0.6 is 0 Å². The largest absolute Gasteiger partial charge is 0.489 e. The first kappa shape index (κ1) is 20.4. The maximum atomic E-state index is 11.4. The second kappa shape index (κ2) is 9.31. The fraction of sp³-hybridized carbons (Fsp3) is 0.346. The zero-order valence-electron chi connectivity index (χ0n) is 17.5. The molecule has 0 bridgehead atoms. The summed E-state index contributed by atoms with van der Waals surface area (Å²) in [7, 11) is 0. The summed E-state index contributed by atoms with van der Waals surface area (Å²) in [5.74, 6) is 0.0320. The maximum Gasteiger partial charge on any atom is 0.306 e. The highest BCUT2D eigenvalue weighted by atomic mass is 16.5. The highest BCUT2D eigenvalue weighted by Crippen LogP contribution is 2.39. The molecule has 0 aromatic heterocycles. The molecule has 4 rings (SSSR count). The summed E-state index contributed by atoms with van der Waals surface area (Å²) in [4.78, 5) is 13.8. The lowest BCUT2D eigenvalue weighted by Crippen LogP contribution is -2.38. The number of hydrogen-bond donors (Lipinski definition) is 1. The van der Waals surface area contributed by atoms with E-state index in [9.17, 15) is 9.90 Å². The van der Waals surface area contributed by atoms with Crippen LogP contribution < -0.4 is 4.74 Å². The topological polar surface area (TPSA) is 49.8 Å². The maximum absolute atomic E-state index is 11.4. The van der Waals surface area contributed by atoms with Gasteiger partial charge in [-0.15, -0.1) is 0 Å². The van der Waals surface area contributed by atoms with Crippen LogP contribution in [0.15, 0.2) is 66.7 Å². The Balaban J connectivity index is 1.66. The normalized spacial score (nSPS) is 16.4. The van der Waals surface area contributed by atoms with Crippen LogP contribution in [-0.2, 0) is 11.4 Å². The molecule has 1 heterocycles. The van der Waals surface area contributed by atoms with E-state index in [4.69, 9.17) is 4.74 Å². The fourth-order valence-electron chi connectivity index (χ4n) is 4.58. The van der Waals surface area contributed by atoms with Crippen molar-refractivity contribution in [3.05, 3.63) is 77.9 Å². The number of carboxylic acid groups (broad SMARTS) is 1. The molecule has 0 aliphatic carbocycles. The first-order chi connectivity index (χ1) is 14.7. The van der Waals surface area contributed by atoms with E-state index in [0.717, 1.165) is 30.8 Å². The van der Waals surface area contributed by atoms with Crippen LogP contribution in [0.4, 0.5) is 0 Å². The Bertz CT molecular complexity index is 994. The number of ether oxygens (including phenoxy) is 1. The summed E-state index contributed by atoms with van der Waals surface area (Å²) < 4.78 is 6.34. The van der Waals surface area contributed by atoms with Gasteiger partial charge in [0.15, 0.2) is 0 Å². The third-order valence-electron chi connectivity index (χ3n) is 6.21. The average Bonchev–Trinajstić information content (AvgIpc) is 2.80. The minimum absolute atomic E-state index is 0.205. The summed E-state index contributed by atoms with van der Waals surface area (Å²) in [6.45, 7) is 4.34.